The van der Waals surface area contributed by atoms with E-state index in [0.717, 1.165) is 16.5 Å². The van der Waals surface area contributed by atoms with Crippen molar-refractivity contribution in [2.75, 3.05) is 16.4 Å². The van der Waals surface area contributed by atoms with E-state index >= 15 is 0 Å². The standard InChI is InChI=1S/C16H14N4O/c17-15-9-8-12(10-18-15)19-16(21)20-14-7-3-5-11-4-1-2-6-13(11)14/h1-10H,(H2,17,18)(H2,19,20,21). The van der Waals surface area contributed by atoms with Crippen LogP contribution in [0.25, 0.3) is 10.8 Å². The van der Waals surface area contributed by atoms with E-state index < -0.39 is 0 Å². The minimum absolute atomic E-state index is 0.321. The Kier molecular flexibility index (Phi) is 3.39. The van der Waals surface area contributed by atoms with Gasteiger partial charge in [-0.05, 0) is 23.6 Å². The lowest BCUT2D eigenvalue weighted by atomic mass is 10.1. The number of aromatic nitrogens is 1. The Morgan fingerprint density at radius 1 is 0.952 bits per heavy atom. The van der Waals surface area contributed by atoms with Crippen LogP contribution in [0.15, 0.2) is 60.8 Å². The van der Waals surface area contributed by atoms with Crippen molar-refractivity contribution in [2.24, 2.45) is 0 Å². The lowest BCUT2D eigenvalue weighted by Gasteiger charge is -2.10. The van der Waals surface area contributed by atoms with Crippen molar-refractivity contribution in [1.82, 2.24) is 4.98 Å². The molecular weight excluding hydrogens is 264 g/mol. The highest BCUT2D eigenvalue weighted by Crippen LogP contribution is 2.23. The van der Waals surface area contributed by atoms with E-state index in [1.165, 1.54) is 6.20 Å². The first-order valence-electron chi connectivity index (χ1n) is 6.50. The van der Waals surface area contributed by atoms with Crippen LogP contribution in [-0.4, -0.2) is 11.0 Å². The van der Waals surface area contributed by atoms with Gasteiger partial charge in [-0.15, -0.1) is 0 Å². The van der Waals surface area contributed by atoms with Crippen molar-refractivity contribution in [3.05, 3.63) is 60.8 Å². The van der Waals surface area contributed by atoms with E-state index in [0.29, 0.717) is 11.5 Å². The first-order chi connectivity index (χ1) is 10.2. The normalized spacial score (nSPS) is 10.3. The average Bonchev–Trinajstić information content (AvgIpc) is 2.50. The van der Waals surface area contributed by atoms with E-state index in [2.05, 4.69) is 15.6 Å². The summed E-state index contributed by atoms with van der Waals surface area (Å²) < 4.78 is 0. The summed E-state index contributed by atoms with van der Waals surface area (Å²) in [6.07, 6.45) is 1.51. The summed E-state index contributed by atoms with van der Waals surface area (Å²) in [5.41, 5.74) is 6.85. The van der Waals surface area contributed by atoms with Crippen molar-refractivity contribution >= 4 is 34.0 Å². The number of amides is 2. The molecule has 5 heteroatoms. The van der Waals surface area contributed by atoms with Gasteiger partial charge in [0.15, 0.2) is 0 Å². The third-order valence-corrected chi connectivity index (χ3v) is 3.08. The second-order valence-electron chi connectivity index (χ2n) is 4.58. The molecule has 0 bridgehead atoms. The molecule has 0 fully saturated rings. The smallest absolute Gasteiger partial charge is 0.323 e. The third-order valence-electron chi connectivity index (χ3n) is 3.08. The first-order valence-corrected chi connectivity index (χ1v) is 6.50. The summed E-state index contributed by atoms with van der Waals surface area (Å²) in [5.74, 6) is 0.412. The van der Waals surface area contributed by atoms with E-state index in [1.807, 2.05) is 42.5 Å². The Morgan fingerprint density at radius 2 is 1.76 bits per heavy atom. The average molecular weight is 278 g/mol. The second kappa shape index (κ2) is 5.50. The molecule has 0 saturated heterocycles. The third kappa shape index (κ3) is 2.92. The molecule has 104 valence electrons. The largest absolute Gasteiger partial charge is 0.384 e. The zero-order valence-electron chi connectivity index (χ0n) is 11.2. The van der Waals surface area contributed by atoms with Crippen molar-refractivity contribution < 1.29 is 4.79 Å². The molecule has 3 aromatic rings. The minimum Gasteiger partial charge on any atom is -0.384 e. The zero-order valence-corrected chi connectivity index (χ0v) is 11.2. The van der Waals surface area contributed by atoms with E-state index in [1.54, 1.807) is 12.1 Å². The Labute approximate surface area is 121 Å². The number of anilines is 3. The number of fused-ring (bicyclic) bond motifs is 1. The number of hydrogen-bond acceptors (Lipinski definition) is 3. The lowest BCUT2D eigenvalue weighted by molar-refractivity contribution is 0.262. The Bertz CT molecular complexity index is 778. The number of nitrogens with one attached hydrogen (secondary N) is 2. The second-order valence-corrected chi connectivity index (χ2v) is 4.58. The van der Waals surface area contributed by atoms with Crippen LogP contribution in [0.4, 0.5) is 22.0 Å². The number of nitrogen functional groups attached to an aromatic ring is 1. The van der Waals surface area contributed by atoms with Gasteiger partial charge in [-0.3, -0.25) is 0 Å². The quantitative estimate of drug-likeness (QED) is 0.671. The number of urea groups is 1. The Hall–Kier alpha value is -3.08. The summed E-state index contributed by atoms with van der Waals surface area (Å²) in [4.78, 5) is 16.0. The number of carbonyl (C=O) groups is 1. The fraction of sp³-hybridized carbons (Fsp3) is 0. The Balaban J connectivity index is 1.79. The van der Waals surface area contributed by atoms with Gasteiger partial charge in [0.05, 0.1) is 17.6 Å². The molecule has 4 N–H and O–H groups in total. The van der Waals surface area contributed by atoms with Gasteiger partial charge in [0, 0.05) is 5.39 Å². The highest BCUT2D eigenvalue weighted by Gasteiger charge is 2.05. The molecule has 1 aromatic heterocycles. The van der Waals surface area contributed by atoms with Crippen LogP contribution in [0, 0.1) is 0 Å². The van der Waals surface area contributed by atoms with E-state index in [-0.39, 0.29) is 6.03 Å². The molecule has 2 amide bonds. The summed E-state index contributed by atoms with van der Waals surface area (Å²) in [6, 6.07) is 16.7. The lowest BCUT2D eigenvalue weighted by Crippen LogP contribution is -2.19. The molecule has 0 radical (unpaired) electrons. The molecule has 0 atom stereocenters. The molecule has 0 aliphatic heterocycles. The highest BCUT2D eigenvalue weighted by atomic mass is 16.2. The van der Waals surface area contributed by atoms with Crippen LogP contribution in [0.1, 0.15) is 0 Å². The summed E-state index contributed by atoms with van der Waals surface area (Å²) in [6.45, 7) is 0. The fourth-order valence-corrected chi connectivity index (χ4v) is 2.10. The zero-order chi connectivity index (χ0) is 14.7. The number of nitrogens with two attached hydrogens (primary N) is 1. The van der Waals surface area contributed by atoms with Crippen molar-refractivity contribution in [3.8, 4) is 0 Å². The van der Waals surface area contributed by atoms with Crippen LogP contribution in [0.5, 0.6) is 0 Å². The Morgan fingerprint density at radius 3 is 2.57 bits per heavy atom. The predicted molar refractivity (Wildman–Crippen MR) is 85.2 cm³/mol. The monoisotopic (exact) mass is 278 g/mol. The minimum atomic E-state index is -0.321. The summed E-state index contributed by atoms with van der Waals surface area (Å²) in [5, 5.41) is 7.62. The molecule has 5 nitrogen and oxygen atoms in total. The maximum atomic E-state index is 12.0. The number of pyridine rings is 1. The molecule has 0 aliphatic rings. The number of nitrogens with zero attached hydrogens (tertiary/aromatic N) is 1. The highest BCUT2D eigenvalue weighted by molar-refractivity contribution is 6.06. The number of rotatable bonds is 2. The van der Waals surface area contributed by atoms with Gasteiger partial charge in [0.1, 0.15) is 5.82 Å². The number of carbonyl (C=O) groups excluding carboxylic acids is 1. The SMILES string of the molecule is Nc1ccc(NC(=O)Nc2cccc3ccccc23)cn1. The van der Waals surface area contributed by atoms with Gasteiger partial charge >= 0.3 is 6.03 Å². The van der Waals surface area contributed by atoms with Crippen LogP contribution in [0.2, 0.25) is 0 Å². The number of hydrogen-bond donors (Lipinski definition) is 3. The topological polar surface area (TPSA) is 80.0 Å². The molecule has 0 saturated carbocycles. The van der Waals surface area contributed by atoms with Crippen LogP contribution < -0.4 is 16.4 Å². The molecule has 1 heterocycles. The van der Waals surface area contributed by atoms with Gasteiger partial charge in [-0.25, -0.2) is 9.78 Å². The fourth-order valence-electron chi connectivity index (χ4n) is 2.10. The first kappa shape index (κ1) is 12.9. The van der Waals surface area contributed by atoms with Gasteiger partial charge in [0.2, 0.25) is 0 Å². The maximum absolute atomic E-state index is 12.0. The van der Waals surface area contributed by atoms with Gasteiger partial charge in [-0.2, -0.15) is 0 Å². The molecule has 3 rings (SSSR count). The molecule has 0 aliphatic carbocycles. The van der Waals surface area contributed by atoms with E-state index in [9.17, 15) is 4.79 Å². The molecule has 21 heavy (non-hydrogen) atoms. The van der Waals surface area contributed by atoms with Gasteiger partial charge in [0.25, 0.3) is 0 Å². The number of benzene rings is 2. The predicted octanol–water partition coefficient (Wildman–Crippen LogP) is 3.46. The maximum Gasteiger partial charge on any atom is 0.323 e. The van der Waals surface area contributed by atoms with Gasteiger partial charge in [-0.1, -0.05) is 36.4 Å². The van der Waals surface area contributed by atoms with Crippen LogP contribution in [0.3, 0.4) is 0 Å². The van der Waals surface area contributed by atoms with Crippen LogP contribution in [-0.2, 0) is 0 Å². The van der Waals surface area contributed by atoms with Crippen molar-refractivity contribution in [1.29, 1.82) is 0 Å². The van der Waals surface area contributed by atoms with Crippen LogP contribution >= 0.6 is 0 Å². The summed E-state index contributed by atoms with van der Waals surface area (Å²) in [7, 11) is 0. The van der Waals surface area contributed by atoms with Crippen molar-refractivity contribution in [2.45, 2.75) is 0 Å². The van der Waals surface area contributed by atoms with E-state index in [4.69, 9.17) is 5.73 Å². The molecule has 0 unspecified atom stereocenters. The molecular formula is C16H14N4O. The molecule has 0 spiro atoms. The van der Waals surface area contributed by atoms with Gasteiger partial charge < -0.3 is 16.4 Å². The molecule has 2 aromatic carbocycles. The van der Waals surface area contributed by atoms with Crippen molar-refractivity contribution in [3.63, 3.8) is 0 Å². The summed E-state index contributed by atoms with van der Waals surface area (Å²) >= 11 is 0.